The fraction of sp³-hybridized carbons (Fsp3) is 0.579. The Morgan fingerprint density at radius 3 is 2.48 bits per heavy atom. The molecule has 1 aromatic rings. The molecule has 116 valence electrons. The van der Waals surface area contributed by atoms with Crippen LogP contribution in [0.3, 0.4) is 0 Å². The highest BCUT2D eigenvalue weighted by molar-refractivity contribution is 5.52. The summed E-state index contributed by atoms with van der Waals surface area (Å²) in [5.74, 6) is 2.30. The van der Waals surface area contributed by atoms with Gasteiger partial charge < -0.3 is 9.84 Å². The molecule has 0 aromatic heterocycles. The molecule has 0 aliphatic heterocycles. The van der Waals surface area contributed by atoms with E-state index in [9.17, 15) is 5.11 Å². The van der Waals surface area contributed by atoms with Crippen LogP contribution in [0.25, 0.3) is 6.08 Å². The third-order valence-electron chi connectivity index (χ3n) is 4.77. The van der Waals surface area contributed by atoms with Crippen molar-refractivity contribution in [2.75, 3.05) is 7.11 Å². The summed E-state index contributed by atoms with van der Waals surface area (Å²) in [7, 11) is 1.67. The largest absolute Gasteiger partial charge is 0.497 e. The van der Waals surface area contributed by atoms with Crippen molar-refractivity contribution in [2.24, 2.45) is 17.8 Å². The van der Waals surface area contributed by atoms with Crippen LogP contribution in [-0.2, 0) is 0 Å². The topological polar surface area (TPSA) is 29.5 Å². The fourth-order valence-corrected chi connectivity index (χ4v) is 3.58. The fourth-order valence-electron chi connectivity index (χ4n) is 3.58. The van der Waals surface area contributed by atoms with Crippen molar-refractivity contribution >= 4 is 6.08 Å². The Bertz CT molecular complexity index is 475. The lowest BCUT2D eigenvalue weighted by Gasteiger charge is -2.43. The molecule has 21 heavy (non-hydrogen) atoms. The maximum absolute atomic E-state index is 11.1. The van der Waals surface area contributed by atoms with Crippen molar-refractivity contribution in [1.82, 2.24) is 0 Å². The lowest BCUT2D eigenvalue weighted by molar-refractivity contribution is -0.0401. The smallest absolute Gasteiger partial charge is 0.118 e. The first-order valence-electron chi connectivity index (χ1n) is 8.00. The number of aliphatic hydroxyl groups is 1. The zero-order chi connectivity index (χ0) is 15.5. The Balaban J connectivity index is 2.17. The van der Waals surface area contributed by atoms with Crippen molar-refractivity contribution in [3.8, 4) is 5.75 Å². The van der Waals surface area contributed by atoms with Gasteiger partial charge in [0.1, 0.15) is 5.75 Å². The van der Waals surface area contributed by atoms with Gasteiger partial charge in [-0.2, -0.15) is 0 Å². The molecule has 1 N–H and O–H groups in total. The lowest BCUT2D eigenvalue weighted by atomic mass is 9.67. The molecule has 0 heterocycles. The summed E-state index contributed by atoms with van der Waals surface area (Å²) in [6.07, 6.45) is 7.27. The van der Waals surface area contributed by atoms with Gasteiger partial charge >= 0.3 is 0 Å². The van der Waals surface area contributed by atoms with Crippen LogP contribution in [0.2, 0.25) is 0 Å². The van der Waals surface area contributed by atoms with E-state index in [0.29, 0.717) is 17.8 Å². The number of benzene rings is 1. The molecule has 1 fully saturated rings. The van der Waals surface area contributed by atoms with Gasteiger partial charge in [0.05, 0.1) is 12.7 Å². The SMILES string of the molecule is COc1ccc(/C=C/[C@]2(O)C[C@H](C)CC[C@H]2C(C)C)cc1. The second-order valence-electron chi connectivity index (χ2n) is 6.83. The first kappa shape index (κ1) is 16.1. The first-order valence-corrected chi connectivity index (χ1v) is 8.00. The molecule has 2 nitrogen and oxygen atoms in total. The Labute approximate surface area is 128 Å². The van der Waals surface area contributed by atoms with E-state index in [1.54, 1.807) is 7.11 Å². The molecule has 0 amide bonds. The maximum Gasteiger partial charge on any atom is 0.118 e. The molecular weight excluding hydrogens is 260 g/mol. The van der Waals surface area contributed by atoms with Gasteiger partial charge in [-0.25, -0.2) is 0 Å². The summed E-state index contributed by atoms with van der Waals surface area (Å²) in [5.41, 5.74) is 0.427. The molecular formula is C19H28O2. The summed E-state index contributed by atoms with van der Waals surface area (Å²) >= 11 is 0. The second-order valence-corrected chi connectivity index (χ2v) is 6.83. The molecule has 1 aliphatic carbocycles. The van der Waals surface area contributed by atoms with E-state index in [4.69, 9.17) is 4.74 Å². The Morgan fingerprint density at radius 1 is 1.24 bits per heavy atom. The second kappa shape index (κ2) is 6.65. The molecule has 0 bridgehead atoms. The van der Waals surface area contributed by atoms with Gasteiger partial charge in [0.15, 0.2) is 0 Å². The van der Waals surface area contributed by atoms with Crippen molar-refractivity contribution in [3.63, 3.8) is 0 Å². The Morgan fingerprint density at radius 2 is 1.90 bits per heavy atom. The highest BCUT2D eigenvalue weighted by Gasteiger charge is 2.40. The molecule has 0 radical (unpaired) electrons. The van der Waals surface area contributed by atoms with E-state index in [-0.39, 0.29) is 0 Å². The van der Waals surface area contributed by atoms with Gasteiger partial charge in [-0.05, 0) is 48.3 Å². The van der Waals surface area contributed by atoms with E-state index in [1.165, 1.54) is 6.42 Å². The van der Waals surface area contributed by atoms with E-state index in [2.05, 4.69) is 20.8 Å². The zero-order valence-electron chi connectivity index (χ0n) is 13.7. The Kier molecular flexibility index (Phi) is 5.10. The van der Waals surface area contributed by atoms with E-state index in [1.807, 2.05) is 36.4 Å². The third-order valence-corrected chi connectivity index (χ3v) is 4.77. The van der Waals surface area contributed by atoms with Crippen LogP contribution in [0, 0.1) is 17.8 Å². The average molecular weight is 288 g/mol. The summed E-state index contributed by atoms with van der Waals surface area (Å²) in [4.78, 5) is 0. The van der Waals surface area contributed by atoms with Crippen LogP contribution in [0.4, 0.5) is 0 Å². The van der Waals surface area contributed by atoms with E-state index in [0.717, 1.165) is 24.2 Å². The van der Waals surface area contributed by atoms with Gasteiger partial charge in [-0.3, -0.25) is 0 Å². The molecule has 2 heteroatoms. The predicted molar refractivity (Wildman–Crippen MR) is 88.3 cm³/mol. The van der Waals surface area contributed by atoms with Gasteiger partial charge in [0.2, 0.25) is 0 Å². The monoisotopic (exact) mass is 288 g/mol. The number of rotatable bonds is 4. The molecule has 1 aromatic carbocycles. The molecule has 3 atom stereocenters. The normalized spacial score (nSPS) is 30.0. The van der Waals surface area contributed by atoms with Gasteiger partial charge in [0.25, 0.3) is 0 Å². The predicted octanol–water partition coefficient (Wildman–Crippen LogP) is 4.53. The molecule has 0 saturated heterocycles. The summed E-state index contributed by atoms with van der Waals surface area (Å²) < 4.78 is 5.17. The van der Waals surface area contributed by atoms with Gasteiger partial charge in [-0.15, -0.1) is 0 Å². The standard InChI is InChI=1S/C19H28O2/c1-14(2)18-10-5-15(3)13-19(18,20)12-11-16-6-8-17(21-4)9-7-16/h6-9,11-12,14-15,18,20H,5,10,13H2,1-4H3/b12-11+/t15-,18+,19+/m1/s1. The minimum atomic E-state index is -0.675. The minimum Gasteiger partial charge on any atom is -0.497 e. The van der Waals surface area contributed by atoms with Crippen molar-refractivity contribution < 1.29 is 9.84 Å². The van der Waals surface area contributed by atoms with Crippen molar-refractivity contribution in [2.45, 2.75) is 45.6 Å². The molecule has 1 aliphatic rings. The van der Waals surface area contributed by atoms with Crippen molar-refractivity contribution in [3.05, 3.63) is 35.9 Å². The zero-order valence-corrected chi connectivity index (χ0v) is 13.7. The van der Waals surface area contributed by atoms with Gasteiger partial charge in [-0.1, -0.05) is 51.5 Å². The van der Waals surface area contributed by atoms with Crippen LogP contribution < -0.4 is 4.74 Å². The maximum atomic E-state index is 11.1. The van der Waals surface area contributed by atoms with E-state index < -0.39 is 5.60 Å². The highest BCUT2D eigenvalue weighted by atomic mass is 16.5. The molecule has 2 rings (SSSR count). The summed E-state index contributed by atoms with van der Waals surface area (Å²) in [6.45, 7) is 6.67. The Hall–Kier alpha value is -1.28. The highest BCUT2D eigenvalue weighted by Crippen LogP contribution is 2.42. The number of hydrogen-bond acceptors (Lipinski definition) is 2. The van der Waals surface area contributed by atoms with Crippen LogP contribution in [0.5, 0.6) is 5.75 Å². The summed E-state index contributed by atoms with van der Waals surface area (Å²) in [6, 6.07) is 7.95. The number of methoxy groups -OCH3 is 1. The molecule has 0 unspecified atom stereocenters. The quantitative estimate of drug-likeness (QED) is 0.882. The average Bonchev–Trinajstić information content (AvgIpc) is 2.45. The first-order chi connectivity index (χ1) is 9.94. The van der Waals surface area contributed by atoms with E-state index >= 15 is 0 Å². The van der Waals surface area contributed by atoms with Crippen LogP contribution in [0.1, 0.15) is 45.6 Å². The van der Waals surface area contributed by atoms with Crippen LogP contribution in [0.15, 0.2) is 30.3 Å². The number of hydrogen-bond donors (Lipinski definition) is 1. The minimum absolute atomic E-state index is 0.350. The number of ether oxygens (including phenoxy) is 1. The van der Waals surface area contributed by atoms with Gasteiger partial charge in [0, 0.05) is 0 Å². The lowest BCUT2D eigenvalue weighted by Crippen LogP contribution is -2.43. The van der Waals surface area contributed by atoms with Crippen molar-refractivity contribution in [1.29, 1.82) is 0 Å². The van der Waals surface area contributed by atoms with Crippen LogP contribution >= 0.6 is 0 Å². The van der Waals surface area contributed by atoms with Crippen LogP contribution in [-0.4, -0.2) is 17.8 Å². The molecule has 0 spiro atoms. The molecule has 1 saturated carbocycles. The third kappa shape index (κ3) is 3.88. The summed E-state index contributed by atoms with van der Waals surface area (Å²) in [5, 5.41) is 11.1.